The zero-order chi connectivity index (χ0) is 22.2. The van der Waals surface area contributed by atoms with Crippen LogP contribution in [0.3, 0.4) is 0 Å². The Morgan fingerprint density at radius 2 is 2.10 bits per heavy atom. The summed E-state index contributed by atoms with van der Waals surface area (Å²) in [5, 5.41) is 7.27. The van der Waals surface area contributed by atoms with E-state index in [1.807, 2.05) is 6.92 Å². The Morgan fingerprint density at radius 3 is 2.81 bits per heavy atom. The number of fused-ring (bicyclic) bond motifs is 1. The number of hydrogen-bond acceptors (Lipinski definition) is 4. The van der Waals surface area contributed by atoms with E-state index in [9.17, 15) is 18.0 Å². The van der Waals surface area contributed by atoms with Crippen LogP contribution in [0.25, 0.3) is 0 Å². The van der Waals surface area contributed by atoms with Crippen LogP contribution in [-0.4, -0.2) is 46.5 Å². The van der Waals surface area contributed by atoms with Crippen LogP contribution in [0.4, 0.5) is 19.0 Å². The van der Waals surface area contributed by atoms with Crippen molar-refractivity contribution in [1.82, 2.24) is 14.7 Å². The van der Waals surface area contributed by atoms with Crippen molar-refractivity contribution in [2.75, 3.05) is 19.0 Å². The summed E-state index contributed by atoms with van der Waals surface area (Å²) in [7, 11) is 1.52. The lowest BCUT2D eigenvalue weighted by Crippen LogP contribution is -2.43. The molecule has 1 aromatic carbocycles. The molecular formula is C22H27F3N4O2. The molecular weight excluding hydrogens is 409 g/mol. The Kier molecular flexibility index (Phi) is 5.85. The third kappa shape index (κ3) is 4.22. The Bertz CT molecular complexity index is 943. The van der Waals surface area contributed by atoms with Crippen molar-refractivity contribution >= 4 is 11.7 Å². The summed E-state index contributed by atoms with van der Waals surface area (Å²) < 4.78 is 47.9. The van der Waals surface area contributed by atoms with Crippen molar-refractivity contribution in [3.63, 3.8) is 0 Å². The van der Waals surface area contributed by atoms with E-state index >= 15 is 0 Å². The number of halogens is 3. The predicted octanol–water partition coefficient (Wildman–Crippen LogP) is 4.96. The molecule has 0 spiro atoms. The highest BCUT2D eigenvalue weighted by Crippen LogP contribution is 2.44. The van der Waals surface area contributed by atoms with Gasteiger partial charge in [-0.25, -0.2) is 4.68 Å². The van der Waals surface area contributed by atoms with Gasteiger partial charge in [0.05, 0.1) is 13.2 Å². The fraction of sp³-hybridized carbons (Fsp3) is 0.545. The molecule has 1 amide bonds. The maximum absolute atomic E-state index is 13.9. The van der Waals surface area contributed by atoms with Crippen molar-refractivity contribution in [2.45, 2.75) is 63.3 Å². The minimum absolute atomic E-state index is 0.0587. The summed E-state index contributed by atoms with van der Waals surface area (Å²) in [6.07, 6.45) is -1.02. The Morgan fingerprint density at radius 1 is 1.29 bits per heavy atom. The van der Waals surface area contributed by atoms with E-state index in [4.69, 9.17) is 4.74 Å². The number of hydrogen-bond donors (Lipinski definition) is 1. The lowest BCUT2D eigenvalue weighted by molar-refractivity contribution is -0.173. The normalized spacial score (nSPS) is 23.8. The minimum atomic E-state index is -4.49. The second-order valence-corrected chi connectivity index (χ2v) is 8.18. The standard InChI is InChI=1S/C22H27F3N4O2/c1-3-15-8-4-5-10-28(15)21(30)18-13-20-26-17(14-7-6-9-16(11-14)31-2)12-19(22(23,24)25)29(20)27-18/h6-7,9,11,13,15,17,19,26H,3-5,8,10,12H2,1-2H3/t15-,17-,19+/m1/s1. The van der Waals surface area contributed by atoms with Crippen LogP contribution in [0.5, 0.6) is 5.75 Å². The second kappa shape index (κ2) is 8.43. The first-order valence-corrected chi connectivity index (χ1v) is 10.7. The van der Waals surface area contributed by atoms with Gasteiger partial charge in [-0.2, -0.15) is 18.3 Å². The molecule has 1 aromatic heterocycles. The van der Waals surface area contributed by atoms with E-state index < -0.39 is 18.3 Å². The van der Waals surface area contributed by atoms with E-state index in [0.29, 0.717) is 17.9 Å². The molecule has 2 aromatic rings. The van der Waals surface area contributed by atoms with E-state index in [2.05, 4.69) is 10.4 Å². The molecule has 0 saturated carbocycles. The number of anilines is 1. The molecule has 2 aliphatic heterocycles. The van der Waals surface area contributed by atoms with E-state index in [1.54, 1.807) is 29.2 Å². The lowest BCUT2D eigenvalue weighted by atomic mass is 9.97. The number of aromatic nitrogens is 2. The van der Waals surface area contributed by atoms with Gasteiger partial charge < -0.3 is 15.0 Å². The van der Waals surface area contributed by atoms with Gasteiger partial charge in [-0.05, 0) is 43.4 Å². The summed E-state index contributed by atoms with van der Waals surface area (Å²) in [5.41, 5.74) is 0.749. The van der Waals surface area contributed by atoms with Crippen molar-refractivity contribution in [2.24, 2.45) is 0 Å². The predicted molar refractivity (Wildman–Crippen MR) is 110 cm³/mol. The maximum atomic E-state index is 13.9. The third-order valence-corrected chi connectivity index (χ3v) is 6.26. The zero-order valence-corrected chi connectivity index (χ0v) is 17.7. The number of nitrogens with one attached hydrogen (secondary N) is 1. The summed E-state index contributed by atoms with van der Waals surface area (Å²) in [6, 6.07) is 6.16. The van der Waals surface area contributed by atoms with Gasteiger partial charge in [0.1, 0.15) is 11.6 Å². The third-order valence-electron chi connectivity index (χ3n) is 6.26. The number of alkyl halides is 3. The SMILES string of the molecule is CC[C@@H]1CCCCN1C(=O)c1cc2n(n1)[C@H](C(F)(F)F)C[C@H](c1cccc(OC)c1)N2. The average Bonchev–Trinajstić information content (AvgIpc) is 3.21. The quantitative estimate of drug-likeness (QED) is 0.736. The first-order valence-electron chi connectivity index (χ1n) is 10.7. The maximum Gasteiger partial charge on any atom is 0.410 e. The van der Waals surface area contributed by atoms with Gasteiger partial charge in [-0.3, -0.25) is 4.79 Å². The van der Waals surface area contributed by atoms with Gasteiger partial charge in [-0.15, -0.1) is 0 Å². The number of carbonyl (C=O) groups is 1. The van der Waals surface area contributed by atoms with Gasteiger partial charge in [-0.1, -0.05) is 19.1 Å². The van der Waals surface area contributed by atoms with Gasteiger partial charge in [0.25, 0.3) is 5.91 Å². The van der Waals surface area contributed by atoms with Gasteiger partial charge in [0.15, 0.2) is 11.7 Å². The molecule has 31 heavy (non-hydrogen) atoms. The Hall–Kier alpha value is -2.71. The van der Waals surface area contributed by atoms with E-state index in [0.717, 1.165) is 30.4 Å². The van der Waals surface area contributed by atoms with Crippen LogP contribution in [0, 0.1) is 0 Å². The molecule has 1 fully saturated rings. The second-order valence-electron chi connectivity index (χ2n) is 8.18. The summed E-state index contributed by atoms with van der Waals surface area (Å²) in [5.74, 6) is 0.484. The molecule has 0 aliphatic carbocycles. The van der Waals surface area contributed by atoms with Crippen molar-refractivity contribution in [3.05, 3.63) is 41.6 Å². The Balaban J connectivity index is 1.66. The number of carbonyl (C=O) groups excluding carboxylic acids is 1. The molecule has 3 atom stereocenters. The van der Waals surface area contributed by atoms with Crippen molar-refractivity contribution < 1.29 is 22.7 Å². The van der Waals surface area contributed by atoms with Crippen LogP contribution < -0.4 is 10.1 Å². The van der Waals surface area contributed by atoms with E-state index in [-0.39, 0.29) is 29.9 Å². The average molecular weight is 436 g/mol. The van der Waals surface area contributed by atoms with Crippen LogP contribution in [0.1, 0.15) is 67.2 Å². The van der Waals surface area contributed by atoms with Crippen LogP contribution in [0.15, 0.2) is 30.3 Å². The zero-order valence-electron chi connectivity index (χ0n) is 17.7. The monoisotopic (exact) mass is 436 g/mol. The highest BCUT2D eigenvalue weighted by atomic mass is 19.4. The molecule has 0 radical (unpaired) electrons. The highest BCUT2D eigenvalue weighted by molar-refractivity contribution is 5.93. The fourth-order valence-corrected chi connectivity index (χ4v) is 4.59. The van der Waals surface area contributed by atoms with Crippen LogP contribution in [-0.2, 0) is 0 Å². The number of ether oxygens (including phenoxy) is 1. The topological polar surface area (TPSA) is 59.4 Å². The molecule has 0 bridgehead atoms. The first kappa shape index (κ1) is 21.5. The minimum Gasteiger partial charge on any atom is -0.497 e. The smallest absolute Gasteiger partial charge is 0.410 e. The summed E-state index contributed by atoms with van der Waals surface area (Å²) in [6.45, 7) is 2.64. The molecule has 3 heterocycles. The number of amides is 1. The number of benzene rings is 1. The Labute approximate surface area is 179 Å². The molecule has 9 heteroatoms. The summed E-state index contributed by atoms with van der Waals surface area (Å²) in [4.78, 5) is 14.9. The van der Waals surface area contributed by atoms with E-state index in [1.165, 1.54) is 13.2 Å². The molecule has 168 valence electrons. The summed E-state index contributed by atoms with van der Waals surface area (Å²) >= 11 is 0. The number of nitrogens with zero attached hydrogens (tertiary/aromatic N) is 3. The number of methoxy groups -OCH3 is 1. The first-order chi connectivity index (χ1) is 14.8. The lowest BCUT2D eigenvalue weighted by Gasteiger charge is -2.34. The molecule has 0 unspecified atom stereocenters. The van der Waals surface area contributed by atoms with Gasteiger partial charge in [0.2, 0.25) is 0 Å². The van der Waals surface area contributed by atoms with Gasteiger partial charge in [0, 0.05) is 25.1 Å². The van der Waals surface area contributed by atoms with Gasteiger partial charge >= 0.3 is 6.18 Å². The number of likely N-dealkylation sites (tertiary alicyclic amines) is 1. The largest absolute Gasteiger partial charge is 0.497 e. The molecule has 2 aliphatic rings. The van der Waals surface area contributed by atoms with Crippen LogP contribution >= 0.6 is 0 Å². The molecule has 6 nitrogen and oxygen atoms in total. The van der Waals surface area contributed by atoms with Crippen LogP contribution in [0.2, 0.25) is 0 Å². The number of piperidine rings is 1. The number of rotatable bonds is 4. The van der Waals surface area contributed by atoms with Crippen molar-refractivity contribution in [3.8, 4) is 5.75 Å². The molecule has 4 rings (SSSR count). The fourth-order valence-electron chi connectivity index (χ4n) is 4.59. The molecule has 1 N–H and O–H groups in total. The highest BCUT2D eigenvalue weighted by Gasteiger charge is 2.47. The molecule has 1 saturated heterocycles. The van der Waals surface area contributed by atoms with Crippen molar-refractivity contribution in [1.29, 1.82) is 0 Å².